The number of aromatic nitrogens is 1. The number of rotatable bonds is 3. The van der Waals surface area contributed by atoms with Gasteiger partial charge in [-0.05, 0) is 62.6 Å². The summed E-state index contributed by atoms with van der Waals surface area (Å²) in [5.74, 6) is 0. The highest BCUT2D eigenvalue weighted by molar-refractivity contribution is 9.10. The van der Waals surface area contributed by atoms with Crippen LogP contribution in [0.4, 0.5) is 26.7 Å². The minimum absolute atomic E-state index is 0.284. The number of fused-ring (bicyclic) bond motifs is 2. The van der Waals surface area contributed by atoms with Crippen LogP contribution in [0, 0.1) is 0 Å². The smallest absolute Gasteiger partial charge is 0.410 e. The van der Waals surface area contributed by atoms with Gasteiger partial charge in [0.15, 0.2) is 0 Å². The third-order valence-electron chi connectivity index (χ3n) is 6.37. The van der Waals surface area contributed by atoms with Crippen LogP contribution in [-0.4, -0.2) is 53.8 Å². The first kappa shape index (κ1) is 25.8. The number of pyridine rings is 1. The van der Waals surface area contributed by atoms with Gasteiger partial charge in [0.25, 0.3) is 0 Å². The molecule has 0 atom stereocenters. The number of carbonyl (C=O) groups excluding carboxylic acids is 2. The fourth-order valence-corrected chi connectivity index (χ4v) is 5.11. The number of nitrogens with zero attached hydrogens (tertiary/aromatic N) is 3. The number of urea groups is 1. The summed E-state index contributed by atoms with van der Waals surface area (Å²) in [4.78, 5) is 33.9. The predicted octanol–water partition coefficient (Wildman–Crippen LogP) is 6.85. The van der Waals surface area contributed by atoms with E-state index in [0.29, 0.717) is 31.9 Å². The molecule has 0 radical (unpaired) electrons. The van der Waals surface area contributed by atoms with Crippen molar-refractivity contribution in [1.82, 2.24) is 9.88 Å². The Labute approximate surface area is 230 Å². The van der Waals surface area contributed by atoms with Crippen LogP contribution in [0.5, 0.6) is 0 Å². The molecule has 1 fully saturated rings. The molecule has 0 unspecified atom stereocenters. The van der Waals surface area contributed by atoms with Crippen molar-refractivity contribution in [2.24, 2.45) is 0 Å². The molecule has 1 saturated heterocycles. The van der Waals surface area contributed by atoms with E-state index in [2.05, 4.69) is 36.4 Å². The minimum Gasteiger partial charge on any atom is -0.444 e. The first-order valence-corrected chi connectivity index (χ1v) is 13.3. The summed E-state index contributed by atoms with van der Waals surface area (Å²) in [5.41, 5.74) is 2.73. The summed E-state index contributed by atoms with van der Waals surface area (Å²) in [6.45, 7) is 8.10. The molecule has 4 aromatic rings. The third-order valence-corrected chi connectivity index (χ3v) is 7.06. The first-order chi connectivity index (χ1) is 18.2. The van der Waals surface area contributed by atoms with Crippen LogP contribution >= 0.6 is 15.9 Å². The molecule has 2 N–H and O–H groups in total. The molecule has 0 bridgehead atoms. The number of carbonyl (C=O) groups is 2. The van der Waals surface area contributed by atoms with Crippen molar-refractivity contribution < 1.29 is 14.3 Å². The molecule has 1 aliphatic rings. The summed E-state index contributed by atoms with van der Waals surface area (Å²) in [6, 6.07) is 19.0. The Kier molecular flexibility index (Phi) is 7.12. The summed E-state index contributed by atoms with van der Waals surface area (Å²) >= 11 is 3.57. The lowest BCUT2D eigenvalue weighted by atomic mass is 10.1. The molecule has 1 aliphatic heterocycles. The number of nitrogens with one attached hydrogen (secondary N) is 2. The molecule has 0 aliphatic carbocycles. The molecule has 1 aromatic heterocycles. The lowest BCUT2D eigenvalue weighted by Crippen LogP contribution is -2.50. The van der Waals surface area contributed by atoms with Gasteiger partial charge in [0.05, 0.1) is 11.2 Å². The largest absolute Gasteiger partial charge is 0.444 e. The Morgan fingerprint density at radius 2 is 1.63 bits per heavy atom. The Hall–Kier alpha value is -3.85. The van der Waals surface area contributed by atoms with Gasteiger partial charge in [-0.2, -0.15) is 0 Å². The molecule has 196 valence electrons. The van der Waals surface area contributed by atoms with Gasteiger partial charge in [0.2, 0.25) is 0 Å². The number of hydrogen-bond acceptors (Lipinski definition) is 5. The lowest BCUT2D eigenvalue weighted by molar-refractivity contribution is 0.0240. The molecule has 3 amide bonds. The van der Waals surface area contributed by atoms with Gasteiger partial charge >= 0.3 is 12.1 Å². The predicted molar refractivity (Wildman–Crippen MR) is 156 cm³/mol. The van der Waals surface area contributed by atoms with Crippen LogP contribution in [0.1, 0.15) is 20.8 Å². The van der Waals surface area contributed by atoms with Crippen LogP contribution in [0.2, 0.25) is 0 Å². The Morgan fingerprint density at radius 3 is 2.39 bits per heavy atom. The Morgan fingerprint density at radius 1 is 0.895 bits per heavy atom. The molecule has 0 saturated carbocycles. The second-order valence-electron chi connectivity index (χ2n) is 10.2. The maximum atomic E-state index is 12.9. The first-order valence-electron chi connectivity index (χ1n) is 12.5. The fourth-order valence-electron chi connectivity index (χ4n) is 4.61. The zero-order valence-electron chi connectivity index (χ0n) is 21.6. The average molecular weight is 576 g/mol. The minimum atomic E-state index is -0.518. The summed E-state index contributed by atoms with van der Waals surface area (Å²) in [5, 5.41) is 8.84. The molecule has 38 heavy (non-hydrogen) atoms. The van der Waals surface area contributed by atoms with Crippen LogP contribution in [0.15, 0.2) is 71.3 Å². The van der Waals surface area contributed by atoms with E-state index in [1.54, 1.807) is 11.1 Å². The zero-order chi connectivity index (χ0) is 26.9. The lowest BCUT2D eigenvalue weighted by Gasteiger charge is -2.37. The van der Waals surface area contributed by atoms with Crippen LogP contribution in [0.3, 0.4) is 0 Å². The van der Waals surface area contributed by atoms with E-state index >= 15 is 0 Å². The van der Waals surface area contributed by atoms with Gasteiger partial charge < -0.3 is 25.2 Å². The number of anilines is 3. The molecule has 0 spiro atoms. The van der Waals surface area contributed by atoms with E-state index in [-0.39, 0.29) is 12.1 Å². The number of ether oxygens (including phenoxy) is 1. The van der Waals surface area contributed by atoms with E-state index < -0.39 is 5.60 Å². The monoisotopic (exact) mass is 575 g/mol. The van der Waals surface area contributed by atoms with Gasteiger partial charge in [-0.1, -0.05) is 40.2 Å². The number of halogens is 1. The standard InChI is InChI=1S/C29H30BrN5O3/c1-29(2,3)38-28(37)35-16-14-34(15-17-35)26-12-13-31-24-11-10-19(18-22(24)26)32-27(36)33-25-9-5-6-20-21(25)7-4-8-23(20)30/h4-13,18H,14-17H2,1-3H3,(H2,32,33,36). The second kappa shape index (κ2) is 10.5. The SMILES string of the molecule is CC(C)(C)OC(=O)N1CCN(c2ccnc3ccc(NC(=O)Nc4cccc5c(Br)cccc45)cc23)CC1. The van der Waals surface area contributed by atoms with Crippen molar-refractivity contribution in [2.75, 3.05) is 41.7 Å². The Balaban J connectivity index is 1.31. The van der Waals surface area contributed by atoms with Crippen molar-refractivity contribution >= 4 is 66.8 Å². The quantitative estimate of drug-likeness (QED) is 0.279. The summed E-state index contributed by atoms with van der Waals surface area (Å²) in [6.07, 6.45) is 1.50. The van der Waals surface area contributed by atoms with E-state index in [1.807, 2.05) is 81.4 Å². The highest BCUT2D eigenvalue weighted by Gasteiger charge is 2.26. The fraction of sp³-hybridized carbons (Fsp3) is 0.276. The van der Waals surface area contributed by atoms with Crippen molar-refractivity contribution in [3.8, 4) is 0 Å². The van der Waals surface area contributed by atoms with Gasteiger partial charge in [-0.3, -0.25) is 4.98 Å². The molecule has 5 rings (SSSR count). The molecule has 3 aromatic carbocycles. The normalized spacial score (nSPS) is 14.0. The van der Waals surface area contributed by atoms with Crippen molar-refractivity contribution in [3.63, 3.8) is 0 Å². The number of piperazine rings is 1. The van der Waals surface area contributed by atoms with Gasteiger partial charge in [0.1, 0.15) is 5.60 Å². The maximum Gasteiger partial charge on any atom is 0.410 e. The van der Waals surface area contributed by atoms with Gasteiger partial charge in [0, 0.05) is 59.0 Å². The Bertz CT molecular complexity index is 1510. The van der Waals surface area contributed by atoms with Crippen molar-refractivity contribution in [3.05, 3.63) is 71.3 Å². The topological polar surface area (TPSA) is 86.8 Å². The number of hydrogen-bond donors (Lipinski definition) is 2. The van der Waals surface area contributed by atoms with E-state index in [9.17, 15) is 9.59 Å². The molecule has 9 heteroatoms. The number of amides is 3. The van der Waals surface area contributed by atoms with Crippen molar-refractivity contribution in [2.45, 2.75) is 26.4 Å². The molecular weight excluding hydrogens is 546 g/mol. The summed E-state index contributed by atoms with van der Waals surface area (Å²) in [7, 11) is 0. The highest BCUT2D eigenvalue weighted by Crippen LogP contribution is 2.31. The van der Waals surface area contributed by atoms with Gasteiger partial charge in [-0.25, -0.2) is 9.59 Å². The van der Waals surface area contributed by atoms with E-state index in [4.69, 9.17) is 4.74 Å². The van der Waals surface area contributed by atoms with Crippen LogP contribution < -0.4 is 15.5 Å². The van der Waals surface area contributed by atoms with Crippen molar-refractivity contribution in [1.29, 1.82) is 0 Å². The van der Waals surface area contributed by atoms with Crippen LogP contribution in [0.25, 0.3) is 21.7 Å². The second-order valence-corrected chi connectivity index (χ2v) is 11.1. The van der Waals surface area contributed by atoms with E-state index in [1.165, 1.54) is 0 Å². The van der Waals surface area contributed by atoms with Crippen LogP contribution in [-0.2, 0) is 4.74 Å². The number of benzene rings is 3. The van der Waals surface area contributed by atoms with Gasteiger partial charge in [-0.15, -0.1) is 0 Å². The molecule has 2 heterocycles. The average Bonchev–Trinajstić information content (AvgIpc) is 2.88. The zero-order valence-corrected chi connectivity index (χ0v) is 23.2. The molecule has 8 nitrogen and oxygen atoms in total. The highest BCUT2D eigenvalue weighted by atomic mass is 79.9. The maximum absolute atomic E-state index is 12.9. The summed E-state index contributed by atoms with van der Waals surface area (Å²) < 4.78 is 6.50. The van der Waals surface area contributed by atoms with E-state index in [0.717, 1.165) is 37.5 Å². The molecular formula is C29H30BrN5O3. The third kappa shape index (κ3) is 5.67.